The smallest absolute Gasteiger partial charge is 0.406 e. The van der Waals surface area contributed by atoms with E-state index in [-0.39, 0.29) is 47.5 Å². The van der Waals surface area contributed by atoms with E-state index in [1.807, 2.05) is 4.90 Å². The quantitative estimate of drug-likeness (QED) is 0.0904. The number of piperidine rings is 1. The number of para-hydroxylation sites is 1. The van der Waals surface area contributed by atoms with Gasteiger partial charge in [-0.05, 0) is 54.8 Å². The van der Waals surface area contributed by atoms with Crippen LogP contribution in [0.25, 0.3) is 10.9 Å². The van der Waals surface area contributed by atoms with Crippen LogP contribution in [0.2, 0.25) is 0 Å². The Morgan fingerprint density at radius 2 is 1.71 bits per heavy atom. The number of fused-ring (bicyclic) bond motifs is 1. The van der Waals surface area contributed by atoms with Crippen LogP contribution in [-0.4, -0.2) is 116 Å². The summed E-state index contributed by atoms with van der Waals surface area (Å²) in [4.78, 5) is 1.95. The third kappa shape index (κ3) is 13.0. The lowest BCUT2D eigenvalue weighted by Gasteiger charge is -2.36. The highest BCUT2D eigenvalue weighted by Crippen LogP contribution is 2.32. The minimum atomic E-state index is -4.52. The lowest BCUT2D eigenvalue weighted by molar-refractivity contribution is -0.140. The normalized spacial score (nSPS) is 16.6. The maximum Gasteiger partial charge on any atom is 0.406 e. The van der Waals surface area contributed by atoms with Gasteiger partial charge in [-0.25, -0.2) is 26.4 Å². The van der Waals surface area contributed by atoms with Gasteiger partial charge in [-0.2, -0.15) is 13.2 Å². The van der Waals surface area contributed by atoms with Crippen molar-refractivity contribution in [2.45, 2.75) is 47.3 Å². The molecule has 1 aromatic heterocycles. The summed E-state index contributed by atoms with van der Waals surface area (Å²) >= 11 is 0. The highest BCUT2D eigenvalue weighted by molar-refractivity contribution is 7.91. The first-order valence-corrected chi connectivity index (χ1v) is 21.2. The molecule has 58 heavy (non-hydrogen) atoms. The van der Waals surface area contributed by atoms with Crippen LogP contribution in [0, 0.1) is 24.2 Å². The Morgan fingerprint density at radius 1 is 1.00 bits per heavy atom. The first kappa shape index (κ1) is 45.7. The van der Waals surface area contributed by atoms with Crippen molar-refractivity contribution in [2.24, 2.45) is 5.14 Å². The second-order valence-electron chi connectivity index (χ2n) is 13.3. The number of hydrogen-bond donors (Lipinski definition) is 5. The van der Waals surface area contributed by atoms with Gasteiger partial charge in [0.15, 0.2) is 9.84 Å². The zero-order valence-corrected chi connectivity index (χ0v) is 33.6. The number of β-amino-alcohol motifs (C(OH)–C–C–N with tert-alkyl or cyclic N) is 1. The number of alkyl halides is 4. The lowest BCUT2D eigenvalue weighted by Crippen LogP contribution is -2.50. The minimum absolute atomic E-state index is 0.00488. The number of ether oxygens (including phenoxy) is 2. The predicted molar refractivity (Wildman–Crippen MR) is 216 cm³/mol. The van der Waals surface area contributed by atoms with Crippen molar-refractivity contribution in [2.75, 3.05) is 75.8 Å². The number of nitrogens with two attached hydrogens (primary N) is 1. The third-order valence-corrected chi connectivity index (χ3v) is 10.9. The number of aliphatic hydroxyl groups is 1. The van der Waals surface area contributed by atoms with E-state index < -0.39 is 50.9 Å². The van der Waals surface area contributed by atoms with E-state index in [1.165, 1.54) is 38.7 Å². The van der Waals surface area contributed by atoms with Crippen LogP contribution in [0.5, 0.6) is 5.75 Å². The highest BCUT2D eigenvalue weighted by atomic mass is 32.2. The first-order valence-electron chi connectivity index (χ1n) is 17.7. The van der Waals surface area contributed by atoms with Gasteiger partial charge >= 0.3 is 6.18 Å². The van der Waals surface area contributed by atoms with Crippen molar-refractivity contribution in [1.82, 2.24) is 9.47 Å². The fourth-order valence-corrected chi connectivity index (χ4v) is 7.65. The number of methoxy groups -OCH3 is 2. The first-order chi connectivity index (χ1) is 27.3. The number of sulfone groups is 1. The van der Waals surface area contributed by atoms with Gasteiger partial charge in [0, 0.05) is 50.1 Å². The van der Waals surface area contributed by atoms with Crippen molar-refractivity contribution in [3.63, 3.8) is 0 Å². The topological polar surface area (TPSA) is 177 Å². The van der Waals surface area contributed by atoms with Gasteiger partial charge in [0.1, 0.15) is 18.5 Å². The van der Waals surface area contributed by atoms with Crippen LogP contribution in [0.4, 0.5) is 34.6 Å². The van der Waals surface area contributed by atoms with Crippen molar-refractivity contribution in [1.29, 1.82) is 0 Å². The standard InChI is InChI=1S/C29H35F4N5O5S.C10H11NO2S/c1-42-17-20(39)15-37-12-10-25(23(30)16-37)36-24-6-3-7-27-22(24)13-19(38(27)18-29(31,32)33)5-4-11-35-26-9-8-21(44(34,40)41)14-28(26)43-2;1-3-8-11-9-6-4-5-7-10(9)14(2,12)13/h3,6-9,13-14,20,23,25,35-36,39H,10-12,15-18H2,1-2H3,(H2,34,40,41);1,4-7,11H,8H2,2H3/t20-,23-,25+;/m1./s1. The second kappa shape index (κ2) is 20.1. The van der Waals surface area contributed by atoms with Gasteiger partial charge in [-0.15, -0.1) is 6.42 Å². The summed E-state index contributed by atoms with van der Waals surface area (Å²) in [6, 6.07) is 16.5. The number of nitrogens with zero attached hydrogens (tertiary/aromatic N) is 2. The summed E-state index contributed by atoms with van der Waals surface area (Å²) in [5, 5.41) is 24.6. The molecule has 0 spiro atoms. The number of aliphatic hydroxyl groups excluding tert-OH is 1. The Labute approximate surface area is 335 Å². The molecular weight excluding hydrogens is 805 g/mol. The zero-order chi connectivity index (χ0) is 42.7. The molecule has 5 rings (SSSR count). The largest absolute Gasteiger partial charge is 0.495 e. The number of hydrogen-bond acceptors (Lipinski definition) is 11. The van der Waals surface area contributed by atoms with E-state index in [1.54, 1.807) is 48.5 Å². The minimum Gasteiger partial charge on any atom is -0.495 e. The number of anilines is 3. The van der Waals surface area contributed by atoms with Crippen molar-refractivity contribution in [3.05, 3.63) is 72.4 Å². The van der Waals surface area contributed by atoms with E-state index in [0.29, 0.717) is 47.5 Å². The Kier molecular flexibility index (Phi) is 15.8. The van der Waals surface area contributed by atoms with Gasteiger partial charge in [-0.1, -0.05) is 30.0 Å². The molecule has 1 aliphatic rings. The molecule has 1 saturated heterocycles. The van der Waals surface area contributed by atoms with Crippen LogP contribution >= 0.6 is 0 Å². The summed E-state index contributed by atoms with van der Waals surface area (Å²) in [6.45, 7) is 0.106. The molecule has 0 radical (unpaired) electrons. The average molecular weight is 851 g/mol. The van der Waals surface area contributed by atoms with Crippen LogP contribution < -0.4 is 25.8 Å². The molecule has 0 saturated carbocycles. The number of likely N-dealkylation sites (tertiary alicyclic amines) is 1. The maximum atomic E-state index is 15.2. The average Bonchev–Trinajstić information content (AvgIpc) is 3.49. The molecule has 0 aliphatic carbocycles. The molecule has 13 nitrogen and oxygen atoms in total. The second-order valence-corrected chi connectivity index (χ2v) is 16.8. The van der Waals surface area contributed by atoms with Crippen molar-refractivity contribution in [3.8, 4) is 29.9 Å². The predicted octanol–water partition coefficient (Wildman–Crippen LogP) is 4.29. The van der Waals surface area contributed by atoms with Gasteiger partial charge < -0.3 is 35.1 Å². The SMILES string of the molecule is C#CCNc1ccccc1S(C)(=O)=O.COC[C@H](O)CN1CC[C@H](Nc2cccc3c2cc(C#CCNc2ccc(S(N)(=O)=O)cc2OC)n3CC(F)(F)F)[C@H](F)C1. The fraction of sp³-hybridized carbons (Fsp3) is 0.385. The number of halogens is 4. The lowest BCUT2D eigenvalue weighted by atomic mass is 10.0. The fourth-order valence-electron chi connectivity index (χ4n) is 6.25. The van der Waals surface area contributed by atoms with Gasteiger partial charge in [0.25, 0.3) is 0 Å². The summed E-state index contributed by atoms with van der Waals surface area (Å²) in [5.74, 6) is 8.19. The molecule has 0 bridgehead atoms. The van der Waals surface area contributed by atoms with E-state index in [0.717, 1.165) is 4.57 Å². The van der Waals surface area contributed by atoms with Crippen LogP contribution in [0.15, 0.2) is 76.5 Å². The van der Waals surface area contributed by atoms with Gasteiger partial charge in [0.05, 0.1) is 71.3 Å². The van der Waals surface area contributed by atoms with E-state index in [4.69, 9.17) is 21.0 Å². The Balaban J connectivity index is 0.000000448. The summed E-state index contributed by atoms with van der Waals surface area (Å²) in [7, 11) is -4.31. The number of primary sulfonamides is 1. The summed E-state index contributed by atoms with van der Waals surface area (Å²) < 4.78 is 113. The molecule has 4 aromatic rings. The van der Waals surface area contributed by atoms with Crippen molar-refractivity contribution >= 4 is 47.8 Å². The molecule has 0 unspecified atom stereocenters. The maximum absolute atomic E-state index is 15.2. The molecular formula is C39H46F4N6O7S2. The Hall–Kier alpha value is -5.02. The van der Waals surface area contributed by atoms with Gasteiger partial charge in [-0.3, -0.25) is 4.90 Å². The molecule has 19 heteroatoms. The summed E-state index contributed by atoms with van der Waals surface area (Å²) in [6.07, 6.45) is 0.152. The number of aromatic nitrogens is 1. The van der Waals surface area contributed by atoms with Crippen molar-refractivity contribution < 1.29 is 49.0 Å². The molecule has 0 amide bonds. The van der Waals surface area contributed by atoms with Crippen LogP contribution in [0.1, 0.15) is 12.1 Å². The number of rotatable bonds is 14. The number of nitrogens with one attached hydrogen (secondary N) is 3. The molecule has 1 aliphatic heterocycles. The molecule has 2 heterocycles. The number of sulfonamides is 1. The monoisotopic (exact) mass is 850 g/mol. The van der Waals surface area contributed by atoms with E-state index in [9.17, 15) is 35.1 Å². The van der Waals surface area contributed by atoms with E-state index in [2.05, 4.69) is 33.7 Å². The van der Waals surface area contributed by atoms with Crippen LogP contribution in [-0.2, 0) is 31.1 Å². The summed E-state index contributed by atoms with van der Waals surface area (Å²) in [5.41, 5.74) is 1.86. The van der Waals surface area contributed by atoms with Crippen LogP contribution in [0.3, 0.4) is 0 Å². The highest BCUT2D eigenvalue weighted by Gasteiger charge is 2.32. The molecule has 6 N–H and O–H groups in total. The molecule has 1 fully saturated rings. The van der Waals surface area contributed by atoms with Gasteiger partial charge in [0.2, 0.25) is 10.0 Å². The van der Waals surface area contributed by atoms with E-state index >= 15 is 4.39 Å². The number of terminal acetylenes is 1. The Morgan fingerprint density at radius 3 is 2.34 bits per heavy atom. The molecule has 314 valence electrons. The zero-order valence-electron chi connectivity index (χ0n) is 32.0. The third-order valence-electron chi connectivity index (χ3n) is 8.83. The Bertz CT molecular complexity index is 2360. The molecule has 3 atom stereocenters. The number of benzene rings is 3. The molecule has 3 aromatic carbocycles.